The average Bonchev–Trinajstić information content (AvgIpc) is 2.75. The van der Waals surface area contributed by atoms with Gasteiger partial charge in [-0.1, -0.05) is 0 Å². The average molecular weight is 381 g/mol. The van der Waals surface area contributed by atoms with E-state index < -0.39 is 0 Å². The molecule has 0 bridgehead atoms. The van der Waals surface area contributed by atoms with Crippen LogP contribution in [0.3, 0.4) is 0 Å². The van der Waals surface area contributed by atoms with E-state index in [4.69, 9.17) is 11.5 Å². The Bertz CT molecular complexity index is 878. The molecule has 0 fully saturated rings. The van der Waals surface area contributed by atoms with Crippen LogP contribution in [-0.4, -0.2) is 60.3 Å². The predicted octanol–water partition coefficient (Wildman–Crippen LogP) is -1.42. The summed E-state index contributed by atoms with van der Waals surface area (Å²) in [7, 11) is 0. The Morgan fingerprint density at radius 1 is 0.714 bits per heavy atom. The molecule has 142 valence electrons. The van der Waals surface area contributed by atoms with Crippen LogP contribution < -0.4 is 22.1 Å². The van der Waals surface area contributed by atoms with Crippen molar-refractivity contribution in [1.82, 2.24) is 35.3 Å². The molecule has 0 saturated carbocycles. The van der Waals surface area contributed by atoms with E-state index in [0.29, 0.717) is 17.1 Å². The van der Waals surface area contributed by atoms with Crippen molar-refractivity contribution >= 4 is 23.2 Å². The molecule has 0 unspecified atom stereocenters. The van der Waals surface area contributed by atoms with Gasteiger partial charge in [-0.05, 0) is 12.1 Å². The SMILES string of the molecule is NCC(=O)Nc1ccc(-c2nnc(-c3ncc(NC(=O)CN)cn3)nn2)nc1. The second-order valence-electron chi connectivity index (χ2n) is 5.28. The van der Waals surface area contributed by atoms with Gasteiger partial charge in [-0.15, -0.1) is 20.4 Å². The number of rotatable bonds is 6. The number of anilines is 2. The molecule has 0 spiro atoms. The number of carbonyl (C=O) groups excluding carboxylic acids is 2. The number of nitrogens with two attached hydrogens (primary N) is 2. The van der Waals surface area contributed by atoms with Crippen LogP contribution in [0.15, 0.2) is 30.7 Å². The molecule has 3 aromatic heterocycles. The van der Waals surface area contributed by atoms with Crippen LogP contribution in [0.5, 0.6) is 0 Å². The molecule has 3 aromatic rings. The quantitative estimate of drug-likeness (QED) is 0.390. The van der Waals surface area contributed by atoms with E-state index >= 15 is 0 Å². The normalized spacial score (nSPS) is 10.4. The molecule has 0 aliphatic rings. The number of aromatic nitrogens is 7. The van der Waals surface area contributed by atoms with Crippen molar-refractivity contribution in [3.63, 3.8) is 0 Å². The molecule has 0 saturated heterocycles. The largest absolute Gasteiger partial charge is 0.324 e. The molecular weight excluding hydrogens is 366 g/mol. The minimum Gasteiger partial charge on any atom is -0.324 e. The van der Waals surface area contributed by atoms with E-state index in [9.17, 15) is 9.59 Å². The summed E-state index contributed by atoms with van der Waals surface area (Å²) in [4.78, 5) is 34.7. The predicted molar refractivity (Wildman–Crippen MR) is 97.2 cm³/mol. The van der Waals surface area contributed by atoms with Crippen LogP contribution in [-0.2, 0) is 9.59 Å². The van der Waals surface area contributed by atoms with Crippen LogP contribution in [0, 0.1) is 0 Å². The zero-order valence-corrected chi connectivity index (χ0v) is 14.4. The topological polar surface area (TPSA) is 200 Å². The lowest BCUT2D eigenvalue weighted by Gasteiger charge is -2.04. The maximum atomic E-state index is 11.3. The summed E-state index contributed by atoms with van der Waals surface area (Å²) in [5.41, 5.74) is 11.8. The Morgan fingerprint density at radius 2 is 1.25 bits per heavy atom. The highest BCUT2D eigenvalue weighted by Crippen LogP contribution is 2.15. The van der Waals surface area contributed by atoms with Crippen molar-refractivity contribution in [2.24, 2.45) is 11.5 Å². The summed E-state index contributed by atoms with van der Waals surface area (Å²) in [6, 6.07) is 3.24. The second kappa shape index (κ2) is 8.61. The van der Waals surface area contributed by atoms with E-state index in [2.05, 4.69) is 46.0 Å². The molecule has 13 heteroatoms. The highest BCUT2D eigenvalue weighted by Gasteiger charge is 2.11. The van der Waals surface area contributed by atoms with Gasteiger partial charge in [0.1, 0.15) is 5.69 Å². The highest BCUT2D eigenvalue weighted by molar-refractivity contribution is 5.92. The minimum absolute atomic E-state index is 0.104. The van der Waals surface area contributed by atoms with Gasteiger partial charge in [-0.3, -0.25) is 14.6 Å². The maximum absolute atomic E-state index is 11.3. The molecule has 0 aliphatic heterocycles. The third-order valence-electron chi connectivity index (χ3n) is 3.26. The van der Waals surface area contributed by atoms with Gasteiger partial charge in [-0.25, -0.2) is 9.97 Å². The fourth-order valence-electron chi connectivity index (χ4n) is 1.95. The number of carbonyl (C=O) groups is 2. The van der Waals surface area contributed by atoms with E-state index in [1.807, 2.05) is 0 Å². The molecule has 28 heavy (non-hydrogen) atoms. The van der Waals surface area contributed by atoms with Gasteiger partial charge in [0.05, 0.1) is 43.1 Å². The van der Waals surface area contributed by atoms with E-state index in [-0.39, 0.29) is 42.4 Å². The Labute approximate surface area is 158 Å². The first-order chi connectivity index (χ1) is 13.6. The van der Waals surface area contributed by atoms with Gasteiger partial charge < -0.3 is 22.1 Å². The van der Waals surface area contributed by atoms with E-state index in [1.165, 1.54) is 18.6 Å². The van der Waals surface area contributed by atoms with Crippen LogP contribution in [0.4, 0.5) is 11.4 Å². The number of hydrogen-bond acceptors (Lipinski definition) is 11. The maximum Gasteiger partial charge on any atom is 0.240 e. The van der Waals surface area contributed by atoms with Crippen molar-refractivity contribution in [3.8, 4) is 23.2 Å². The lowest BCUT2D eigenvalue weighted by Crippen LogP contribution is -2.22. The van der Waals surface area contributed by atoms with Crippen molar-refractivity contribution in [2.45, 2.75) is 0 Å². The van der Waals surface area contributed by atoms with Gasteiger partial charge in [0.25, 0.3) is 0 Å². The molecule has 0 aromatic carbocycles. The molecule has 6 N–H and O–H groups in total. The van der Waals surface area contributed by atoms with Crippen LogP contribution in [0.25, 0.3) is 23.2 Å². The molecule has 13 nitrogen and oxygen atoms in total. The fraction of sp³-hybridized carbons (Fsp3) is 0.133. The number of pyridine rings is 1. The summed E-state index contributed by atoms with van der Waals surface area (Å²) in [6.45, 7) is -0.267. The monoisotopic (exact) mass is 381 g/mol. The molecular formula is C15H15N11O2. The second-order valence-corrected chi connectivity index (χ2v) is 5.28. The molecule has 3 rings (SSSR count). The first-order valence-corrected chi connectivity index (χ1v) is 7.95. The van der Waals surface area contributed by atoms with Crippen molar-refractivity contribution in [2.75, 3.05) is 23.7 Å². The summed E-state index contributed by atoms with van der Waals surface area (Å²) in [5.74, 6) is -0.210. The Morgan fingerprint density at radius 3 is 1.79 bits per heavy atom. The lowest BCUT2D eigenvalue weighted by molar-refractivity contribution is -0.115. The minimum atomic E-state index is -0.360. The molecule has 3 heterocycles. The first-order valence-electron chi connectivity index (χ1n) is 7.95. The van der Waals surface area contributed by atoms with Gasteiger partial charge >= 0.3 is 0 Å². The number of hydrogen-bond donors (Lipinski definition) is 4. The van der Waals surface area contributed by atoms with Gasteiger partial charge in [0, 0.05) is 0 Å². The van der Waals surface area contributed by atoms with Crippen molar-refractivity contribution in [3.05, 3.63) is 30.7 Å². The fourth-order valence-corrected chi connectivity index (χ4v) is 1.95. The van der Waals surface area contributed by atoms with E-state index in [1.54, 1.807) is 12.1 Å². The zero-order valence-electron chi connectivity index (χ0n) is 14.4. The third-order valence-corrected chi connectivity index (χ3v) is 3.26. The molecule has 2 amide bonds. The number of amides is 2. The number of nitrogens with one attached hydrogen (secondary N) is 2. The standard InChI is InChI=1S/C15H15N11O2/c16-3-11(27)21-8-1-2-10(18-5-8)13-23-25-15(26-24-13)14-19-6-9(7-20-14)22-12(28)4-17/h1-2,5-7H,3-4,16-17H2,(H,21,27)(H,22,28). The van der Waals surface area contributed by atoms with Gasteiger partial charge in [0.2, 0.25) is 29.3 Å². The van der Waals surface area contributed by atoms with Gasteiger partial charge in [-0.2, -0.15) is 0 Å². The van der Waals surface area contributed by atoms with E-state index in [0.717, 1.165) is 0 Å². The van der Waals surface area contributed by atoms with Crippen LogP contribution >= 0.6 is 0 Å². The highest BCUT2D eigenvalue weighted by atomic mass is 16.2. The van der Waals surface area contributed by atoms with Crippen LogP contribution in [0.2, 0.25) is 0 Å². The summed E-state index contributed by atoms with van der Waals surface area (Å²) in [6.07, 6.45) is 4.23. The molecule has 0 radical (unpaired) electrons. The summed E-state index contributed by atoms with van der Waals surface area (Å²) in [5, 5.41) is 20.9. The van der Waals surface area contributed by atoms with Gasteiger partial charge in [0.15, 0.2) is 0 Å². The Kier molecular flexibility index (Phi) is 5.78. The van der Waals surface area contributed by atoms with Crippen LogP contribution in [0.1, 0.15) is 0 Å². The molecule has 0 atom stereocenters. The lowest BCUT2D eigenvalue weighted by atomic mass is 10.3. The zero-order chi connectivity index (χ0) is 19.9. The smallest absolute Gasteiger partial charge is 0.240 e. The third kappa shape index (κ3) is 4.60. The number of nitrogens with zero attached hydrogens (tertiary/aromatic N) is 7. The molecule has 0 aliphatic carbocycles. The summed E-state index contributed by atoms with van der Waals surface area (Å²) >= 11 is 0. The Hall–Kier alpha value is -3.97. The first kappa shape index (κ1) is 18.8. The van der Waals surface area contributed by atoms with Crippen molar-refractivity contribution in [1.29, 1.82) is 0 Å². The summed E-state index contributed by atoms with van der Waals surface area (Å²) < 4.78 is 0. The van der Waals surface area contributed by atoms with Crippen molar-refractivity contribution < 1.29 is 9.59 Å². The Balaban J connectivity index is 1.71.